The number of para-hydroxylation sites is 1. The number of piperidine rings is 1. The molecule has 1 fully saturated rings. The average Bonchev–Trinajstić information content (AvgIpc) is 3.40. The molecule has 35 heavy (non-hydrogen) atoms. The van der Waals surface area contributed by atoms with Crippen molar-refractivity contribution < 1.29 is 14.3 Å². The Morgan fingerprint density at radius 1 is 1.20 bits per heavy atom. The molecule has 5 rings (SSSR count). The molecule has 2 aromatic heterocycles. The van der Waals surface area contributed by atoms with Gasteiger partial charge < -0.3 is 29.2 Å². The molecule has 1 saturated heterocycles. The highest BCUT2D eigenvalue weighted by Crippen LogP contribution is 2.34. The number of hydrogen-bond donors (Lipinski definition) is 1. The predicted molar refractivity (Wildman–Crippen MR) is 138 cm³/mol. The largest absolute Gasteiger partial charge is 0.489 e. The minimum Gasteiger partial charge on any atom is -0.489 e. The Labute approximate surface area is 205 Å². The summed E-state index contributed by atoms with van der Waals surface area (Å²) in [6.45, 7) is 5.08. The van der Waals surface area contributed by atoms with Crippen LogP contribution in [0.4, 0.5) is 0 Å². The van der Waals surface area contributed by atoms with Crippen molar-refractivity contribution in [3.8, 4) is 17.3 Å². The van der Waals surface area contributed by atoms with Crippen molar-refractivity contribution in [1.29, 1.82) is 0 Å². The minimum absolute atomic E-state index is 0.0197. The van der Waals surface area contributed by atoms with E-state index < -0.39 is 0 Å². The van der Waals surface area contributed by atoms with Gasteiger partial charge in [0.15, 0.2) is 5.82 Å². The Bertz CT molecular complexity index is 1370. The van der Waals surface area contributed by atoms with E-state index in [0.29, 0.717) is 37.6 Å². The molecule has 0 aliphatic carbocycles. The SMILES string of the molecule is CCn1c(-c2nc3cc(C(=O)N4CCC[C@@H](N)C4)cc(OCCOC)c3n2C)cc2ccccc21. The monoisotopic (exact) mass is 475 g/mol. The number of benzene rings is 2. The maximum Gasteiger partial charge on any atom is 0.254 e. The van der Waals surface area contributed by atoms with E-state index in [1.54, 1.807) is 7.11 Å². The number of aromatic nitrogens is 3. The molecule has 1 atom stereocenters. The molecular formula is C27H33N5O3. The second kappa shape index (κ2) is 9.71. The number of nitrogens with two attached hydrogens (primary N) is 1. The second-order valence-electron chi connectivity index (χ2n) is 9.16. The molecule has 0 bridgehead atoms. The van der Waals surface area contributed by atoms with Crippen molar-refractivity contribution in [1.82, 2.24) is 19.0 Å². The van der Waals surface area contributed by atoms with Gasteiger partial charge in [-0.05, 0) is 44.0 Å². The van der Waals surface area contributed by atoms with Crippen LogP contribution in [0.25, 0.3) is 33.5 Å². The predicted octanol–water partition coefficient (Wildman–Crippen LogP) is 3.80. The Hall–Kier alpha value is -3.36. The number of nitrogens with zero attached hydrogens (tertiary/aromatic N) is 4. The van der Waals surface area contributed by atoms with Crippen LogP contribution in [-0.4, -0.2) is 64.4 Å². The Morgan fingerprint density at radius 3 is 2.80 bits per heavy atom. The topological polar surface area (TPSA) is 87.5 Å². The van der Waals surface area contributed by atoms with Crippen molar-refractivity contribution in [2.45, 2.75) is 32.4 Å². The van der Waals surface area contributed by atoms with Crippen LogP contribution in [0.1, 0.15) is 30.1 Å². The number of aryl methyl sites for hydroxylation is 2. The van der Waals surface area contributed by atoms with Crippen molar-refractivity contribution in [3.05, 3.63) is 48.0 Å². The molecule has 0 unspecified atom stereocenters. The minimum atomic E-state index is -0.0338. The zero-order chi connectivity index (χ0) is 24.5. The van der Waals surface area contributed by atoms with Crippen LogP contribution >= 0.6 is 0 Å². The summed E-state index contributed by atoms with van der Waals surface area (Å²) in [4.78, 5) is 20.3. The zero-order valence-electron chi connectivity index (χ0n) is 20.7. The van der Waals surface area contributed by atoms with E-state index >= 15 is 0 Å². The molecule has 0 saturated carbocycles. The van der Waals surface area contributed by atoms with E-state index in [-0.39, 0.29) is 11.9 Å². The van der Waals surface area contributed by atoms with E-state index in [9.17, 15) is 4.79 Å². The number of hydrogen-bond acceptors (Lipinski definition) is 5. The third kappa shape index (κ3) is 4.28. The van der Waals surface area contributed by atoms with Crippen LogP contribution in [0.5, 0.6) is 5.75 Å². The normalized spacial score (nSPS) is 16.3. The van der Waals surface area contributed by atoms with Gasteiger partial charge in [0.2, 0.25) is 0 Å². The Morgan fingerprint density at radius 2 is 2.03 bits per heavy atom. The first-order chi connectivity index (χ1) is 17.0. The average molecular weight is 476 g/mol. The van der Waals surface area contributed by atoms with Gasteiger partial charge in [0.25, 0.3) is 5.91 Å². The molecule has 1 aliphatic rings. The van der Waals surface area contributed by atoms with Crippen molar-refractivity contribution in [2.24, 2.45) is 12.8 Å². The summed E-state index contributed by atoms with van der Waals surface area (Å²) in [6, 6.07) is 14.3. The van der Waals surface area contributed by atoms with Crippen LogP contribution in [0.2, 0.25) is 0 Å². The van der Waals surface area contributed by atoms with Gasteiger partial charge in [0.05, 0.1) is 17.8 Å². The lowest BCUT2D eigenvalue weighted by atomic mass is 10.0. The standard InChI is InChI=1S/C27H33N5O3/c1-4-32-22-10-6-5-8-18(22)15-23(32)26-29-21-14-19(27(33)31-11-7-9-20(28)17-31)16-24(25(21)30(26)2)35-13-12-34-3/h5-6,8,10,14-16,20H,4,7,9,11-13,17,28H2,1-3H3/t20-/m1/s1. The van der Waals surface area contributed by atoms with Crippen LogP contribution < -0.4 is 10.5 Å². The first-order valence-corrected chi connectivity index (χ1v) is 12.3. The summed E-state index contributed by atoms with van der Waals surface area (Å²) in [5.41, 5.74) is 10.5. The second-order valence-corrected chi connectivity index (χ2v) is 9.16. The molecule has 4 aromatic rings. The number of imidazole rings is 1. The third-order valence-corrected chi connectivity index (χ3v) is 6.83. The van der Waals surface area contributed by atoms with Gasteiger partial charge in [0, 0.05) is 56.3 Å². The van der Waals surface area contributed by atoms with Crippen molar-refractivity contribution in [3.63, 3.8) is 0 Å². The molecule has 0 radical (unpaired) electrons. The van der Waals surface area contributed by atoms with Crippen LogP contribution in [0, 0.1) is 0 Å². The van der Waals surface area contributed by atoms with E-state index in [1.165, 1.54) is 10.9 Å². The number of fused-ring (bicyclic) bond motifs is 2. The van der Waals surface area contributed by atoms with Gasteiger partial charge in [-0.15, -0.1) is 0 Å². The number of ether oxygens (including phenoxy) is 2. The summed E-state index contributed by atoms with van der Waals surface area (Å²) in [5.74, 6) is 1.43. The molecule has 184 valence electrons. The Balaban J connectivity index is 1.63. The van der Waals surface area contributed by atoms with E-state index in [1.807, 2.05) is 30.1 Å². The smallest absolute Gasteiger partial charge is 0.254 e. The van der Waals surface area contributed by atoms with Crippen molar-refractivity contribution in [2.75, 3.05) is 33.4 Å². The fraction of sp³-hybridized carbons (Fsp3) is 0.407. The lowest BCUT2D eigenvalue weighted by molar-refractivity contribution is 0.0708. The molecule has 1 aliphatic heterocycles. The van der Waals surface area contributed by atoms with E-state index in [4.69, 9.17) is 20.2 Å². The summed E-state index contributed by atoms with van der Waals surface area (Å²) in [7, 11) is 3.64. The molecule has 0 spiro atoms. The van der Waals surface area contributed by atoms with Gasteiger partial charge in [-0.25, -0.2) is 4.98 Å². The van der Waals surface area contributed by atoms with Gasteiger partial charge in [-0.1, -0.05) is 18.2 Å². The van der Waals surface area contributed by atoms with Crippen LogP contribution in [0.3, 0.4) is 0 Å². The molecule has 8 nitrogen and oxygen atoms in total. The molecule has 1 amide bonds. The highest BCUT2D eigenvalue weighted by atomic mass is 16.5. The lowest BCUT2D eigenvalue weighted by Crippen LogP contribution is -2.45. The van der Waals surface area contributed by atoms with Gasteiger partial charge in [0.1, 0.15) is 17.9 Å². The number of carbonyl (C=O) groups excluding carboxylic acids is 1. The maximum atomic E-state index is 13.4. The Kier molecular flexibility index (Phi) is 6.49. The number of rotatable bonds is 7. The molecular weight excluding hydrogens is 442 g/mol. The molecule has 2 N–H and O–H groups in total. The quantitative estimate of drug-likeness (QED) is 0.411. The van der Waals surface area contributed by atoms with E-state index in [2.05, 4.69) is 40.3 Å². The lowest BCUT2D eigenvalue weighted by Gasteiger charge is -2.30. The first-order valence-electron chi connectivity index (χ1n) is 12.3. The van der Waals surface area contributed by atoms with Crippen molar-refractivity contribution >= 4 is 27.8 Å². The third-order valence-electron chi connectivity index (χ3n) is 6.83. The zero-order valence-corrected chi connectivity index (χ0v) is 20.7. The van der Waals surface area contributed by atoms with Gasteiger partial charge in [-0.2, -0.15) is 0 Å². The van der Waals surface area contributed by atoms with E-state index in [0.717, 1.165) is 41.9 Å². The number of likely N-dealkylation sites (tertiary alicyclic amines) is 1. The molecule has 2 aromatic carbocycles. The van der Waals surface area contributed by atoms with Gasteiger partial charge in [-0.3, -0.25) is 4.79 Å². The fourth-order valence-corrected chi connectivity index (χ4v) is 5.12. The number of amides is 1. The number of carbonyl (C=O) groups is 1. The summed E-state index contributed by atoms with van der Waals surface area (Å²) < 4.78 is 15.6. The highest BCUT2D eigenvalue weighted by Gasteiger charge is 2.25. The summed E-state index contributed by atoms with van der Waals surface area (Å²) in [6.07, 6.45) is 1.87. The molecule has 3 heterocycles. The summed E-state index contributed by atoms with van der Waals surface area (Å²) in [5, 5.41) is 1.17. The first kappa shape index (κ1) is 23.4. The van der Waals surface area contributed by atoms with Crippen LogP contribution in [-0.2, 0) is 18.3 Å². The number of methoxy groups -OCH3 is 1. The summed E-state index contributed by atoms with van der Waals surface area (Å²) >= 11 is 0. The highest BCUT2D eigenvalue weighted by molar-refractivity contribution is 6.00. The van der Waals surface area contributed by atoms with Gasteiger partial charge >= 0.3 is 0 Å². The fourth-order valence-electron chi connectivity index (χ4n) is 5.12. The maximum absolute atomic E-state index is 13.4. The van der Waals surface area contributed by atoms with Crippen LogP contribution in [0.15, 0.2) is 42.5 Å². The molecule has 8 heteroatoms.